The third-order valence-corrected chi connectivity index (χ3v) is 4.43. The van der Waals surface area contributed by atoms with Crippen LogP contribution < -0.4 is 10.2 Å². The number of nitro benzene ring substituents is 1. The van der Waals surface area contributed by atoms with Crippen molar-refractivity contribution in [3.05, 3.63) is 98.6 Å². The summed E-state index contributed by atoms with van der Waals surface area (Å²) in [6, 6.07) is 17.5. The van der Waals surface area contributed by atoms with Gasteiger partial charge in [-0.3, -0.25) is 14.9 Å². The van der Waals surface area contributed by atoms with Crippen molar-refractivity contribution in [2.75, 3.05) is 0 Å². The van der Waals surface area contributed by atoms with E-state index in [0.717, 1.165) is 23.8 Å². The minimum Gasteiger partial charge on any atom is -0.507 e. The highest BCUT2D eigenvalue weighted by Crippen LogP contribution is 2.23. The summed E-state index contributed by atoms with van der Waals surface area (Å²) in [6.07, 6.45) is 1.37. The number of nitrogens with zero attached hydrogens (tertiary/aromatic N) is 2. The Kier molecular flexibility index (Phi) is 6.61. The monoisotopic (exact) mass is 425 g/mol. The lowest BCUT2D eigenvalue weighted by molar-refractivity contribution is -0.384. The molecule has 0 saturated heterocycles. The summed E-state index contributed by atoms with van der Waals surface area (Å²) in [5.41, 5.74) is 3.07. The molecule has 3 aromatic carbocycles. The van der Waals surface area contributed by atoms with Gasteiger partial charge < -0.3 is 9.84 Å². The Morgan fingerprint density at radius 1 is 1.17 bits per heavy atom. The molecule has 0 fully saturated rings. The van der Waals surface area contributed by atoms with Gasteiger partial charge in [-0.2, -0.15) is 5.10 Å². The molecule has 0 aliphatic heterocycles. The zero-order valence-corrected chi connectivity index (χ0v) is 16.2. The zero-order chi connectivity index (χ0) is 21.5. The predicted molar refractivity (Wildman–Crippen MR) is 112 cm³/mol. The summed E-state index contributed by atoms with van der Waals surface area (Å²) < 4.78 is 5.80. The first kappa shape index (κ1) is 20.8. The summed E-state index contributed by atoms with van der Waals surface area (Å²) in [5.74, 6) is -0.660. The van der Waals surface area contributed by atoms with E-state index >= 15 is 0 Å². The largest absolute Gasteiger partial charge is 0.507 e. The molecule has 0 aromatic heterocycles. The Morgan fingerprint density at radius 3 is 2.67 bits per heavy atom. The highest BCUT2D eigenvalue weighted by Gasteiger charge is 2.16. The number of nitrogens with one attached hydrogen (secondary N) is 1. The number of rotatable bonds is 7. The number of hydrazone groups is 1. The Morgan fingerprint density at radius 2 is 1.90 bits per heavy atom. The number of phenols is 1. The second-order valence-electron chi connectivity index (χ2n) is 6.08. The van der Waals surface area contributed by atoms with E-state index in [1.165, 1.54) is 6.21 Å². The summed E-state index contributed by atoms with van der Waals surface area (Å²) >= 11 is 6.13. The van der Waals surface area contributed by atoms with Crippen LogP contribution in [-0.2, 0) is 6.61 Å². The number of phenolic OH excluding ortho intramolecular Hbond substituents is 1. The lowest BCUT2D eigenvalue weighted by atomic mass is 10.1. The Balaban J connectivity index is 1.70. The number of carbonyl (C=O) groups excluding carboxylic acids is 1. The second kappa shape index (κ2) is 9.53. The van der Waals surface area contributed by atoms with Gasteiger partial charge in [0.25, 0.3) is 11.6 Å². The van der Waals surface area contributed by atoms with E-state index in [1.54, 1.807) is 30.3 Å². The van der Waals surface area contributed by atoms with E-state index in [9.17, 15) is 20.0 Å². The summed E-state index contributed by atoms with van der Waals surface area (Å²) in [4.78, 5) is 22.4. The van der Waals surface area contributed by atoms with Gasteiger partial charge in [-0.05, 0) is 24.3 Å². The zero-order valence-electron chi connectivity index (χ0n) is 15.5. The number of ether oxygens (including phenoxy) is 1. The van der Waals surface area contributed by atoms with Gasteiger partial charge >= 0.3 is 0 Å². The maximum atomic E-state index is 12.2. The second-order valence-corrected chi connectivity index (χ2v) is 6.48. The molecule has 0 atom stereocenters. The first-order valence-corrected chi connectivity index (χ1v) is 9.09. The van der Waals surface area contributed by atoms with Gasteiger partial charge in [-0.1, -0.05) is 41.9 Å². The van der Waals surface area contributed by atoms with Crippen LogP contribution in [0.5, 0.6) is 11.5 Å². The number of hydrogen-bond donors (Lipinski definition) is 2. The number of hydrogen-bond acceptors (Lipinski definition) is 6. The van der Waals surface area contributed by atoms with Crippen molar-refractivity contribution in [2.24, 2.45) is 5.10 Å². The molecule has 0 saturated carbocycles. The lowest BCUT2D eigenvalue weighted by Crippen LogP contribution is -2.18. The SMILES string of the molecule is O=C(N/N=C/c1ccccc1OCc1ccccc1Cl)c1cc([N+](=O)[O-])ccc1O. The van der Waals surface area contributed by atoms with E-state index in [2.05, 4.69) is 10.5 Å². The summed E-state index contributed by atoms with van der Waals surface area (Å²) in [5, 5.41) is 25.1. The fraction of sp³-hybridized carbons (Fsp3) is 0.0476. The van der Waals surface area contributed by atoms with Crippen LogP contribution in [0.3, 0.4) is 0 Å². The van der Waals surface area contributed by atoms with Gasteiger partial charge in [0, 0.05) is 28.3 Å². The molecule has 0 spiro atoms. The van der Waals surface area contributed by atoms with Crippen LogP contribution in [0.25, 0.3) is 0 Å². The number of para-hydroxylation sites is 1. The van der Waals surface area contributed by atoms with Gasteiger partial charge in [0.05, 0.1) is 16.7 Å². The minimum absolute atomic E-state index is 0.248. The smallest absolute Gasteiger partial charge is 0.275 e. The number of nitro groups is 1. The van der Waals surface area contributed by atoms with Crippen molar-refractivity contribution < 1.29 is 19.6 Å². The van der Waals surface area contributed by atoms with E-state index < -0.39 is 16.6 Å². The average molecular weight is 426 g/mol. The molecule has 152 valence electrons. The highest BCUT2D eigenvalue weighted by atomic mass is 35.5. The van der Waals surface area contributed by atoms with Crippen LogP contribution in [0, 0.1) is 10.1 Å². The Bertz CT molecular complexity index is 1120. The number of non-ortho nitro benzene ring substituents is 1. The molecule has 3 aromatic rings. The van der Waals surface area contributed by atoms with Crippen molar-refractivity contribution in [1.29, 1.82) is 0 Å². The van der Waals surface area contributed by atoms with Crippen LogP contribution in [0.2, 0.25) is 5.02 Å². The maximum absolute atomic E-state index is 12.2. The number of benzene rings is 3. The third kappa shape index (κ3) is 5.12. The molecule has 3 rings (SSSR count). The summed E-state index contributed by atoms with van der Waals surface area (Å²) in [7, 11) is 0. The van der Waals surface area contributed by atoms with Gasteiger partial charge in [0.2, 0.25) is 0 Å². The molecular weight excluding hydrogens is 410 g/mol. The van der Waals surface area contributed by atoms with Crippen LogP contribution in [0.4, 0.5) is 5.69 Å². The molecule has 0 radical (unpaired) electrons. The van der Waals surface area contributed by atoms with Crippen molar-refractivity contribution in [2.45, 2.75) is 6.61 Å². The van der Waals surface area contributed by atoms with Crippen molar-refractivity contribution in [3.63, 3.8) is 0 Å². The quantitative estimate of drug-likeness (QED) is 0.333. The molecule has 0 aliphatic carbocycles. The van der Waals surface area contributed by atoms with Crippen LogP contribution >= 0.6 is 11.6 Å². The van der Waals surface area contributed by atoms with E-state index in [0.29, 0.717) is 16.3 Å². The van der Waals surface area contributed by atoms with Crippen LogP contribution in [-0.4, -0.2) is 22.2 Å². The van der Waals surface area contributed by atoms with Crippen molar-refractivity contribution in [3.8, 4) is 11.5 Å². The molecule has 2 N–H and O–H groups in total. The Hall–Kier alpha value is -3.91. The van der Waals surface area contributed by atoms with E-state index in [4.69, 9.17) is 16.3 Å². The maximum Gasteiger partial charge on any atom is 0.275 e. The molecule has 9 heteroatoms. The summed E-state index contributed by atoms with van der Waals surface area (Å²) in [6.45, 7) is 0.248. The lowest BCUT2D eigenvalue weighted by Gasteiger charge is -2.10. The topological polar surface area (TPSA) is 114 Å². The first-order valence-electron chi connectivity index (χ1n) is 8.72. The van der Waals surface area contributed by atoms with Crippen molar-refractivity contribution in [1.82, 2.24) is 5.43 Å². The van der Waals surface area contributed by atoms with Crippen molar-refractivity contribution >= 4 is 29.4 Å². The van der Waals surface area contributed by atoms with Gasteiger partial charge in [0.15, 0.2) is 0 Å². The number of aromatic hydroxyl groups is 1. The minimum atomic E-state index is -0.790. The molecule has 0 bridgehead atoms. The standard InChI is InChI=1S/C21H16ClN3O5/c22-18-7-3-1-6-15(18)13-30-20-8-4-2-5-14(20)12-23-24-21(27)17-11-16(25(28)29)9-10-19(17)26/h1-12,26H,13H2,(H,24,27)/b23-12+. The number of amides is 1. The van der Waals surface area contributed by atoms with Crippen LogP contribution in [0.15, 0.2) is 71.8 Å². The Labute approximate surface area is 176 Å². The predicted octanol–water partition coefficient (Wildman–Crippen LogP) is 4.30. The number of carbonyl (C=O) groups is 1. The highest BCUT2D eigenvalue weighted by molar-refractivity contribution is 6.31. The molecule has 0 heterocycles. The normalized spacial score (nSPS) is 10.7. The third-order valence-electron chi connectivity index (χ3n) is 4.07. The van der Waals surface area contributed by atoms with Gasteiger partial charge in [-0.25, -0.2) is 5.43 Å². The van der Waals surface area contributed by atoms with Gasteiger partial charge in [-0.15, -0.1) is 0 Å². The number of halogens is 1. The van der Waals surface area contributed by atoms with Crippen LogP contribution in [0.1, 0.15) is 21.5 Å². The molecule has 30 heavy (non-hydrogen) atoms. The molecule has 8 nitrogen and oxygen atoms in total. The molecule has 1 amide bonds. The molecule has 0 aliphatic rings. The fourth-order valence-electron chi connectivity index (χ4n) is 2.53. The molecular formula is C21H16ClN3O5. The fourth-order valence-corrected chi connectivity index (χ4v) is 2.72. The molecule has 0 unspecified atom stereocenters. The first-order chi connectivity index (χ1) is 14.5. The van der Waals surface area contributed by atoms with E-state index in [-0.39, 0.29) is 17.9 Å². The van der Waals surface area contributed by atoms with E-state index in [1.807, 2.05) is 18.2 Å². The van der Waals surface area contributed by atoms with Gasteiger partial charge in [0.1, 0.15) is 18.1 Å². The average Bonchev–Trinajstić information content (AvgIpc) is 2.74.